The lowest BCUT2D eigenvalue weighted by molar-refractivity contribution is -0.133. The van der Waals surface area contributed by atoms with E-state index in [4.69, 9.17) is 0 Å². The summed E-state index contributed by atoms with van der Waals surface area (Å²) < 4.78 is 40.4. The van der Waals surface area contributed by atoms with Crippen molar-refractivity contribution in [2.45, 2.75) is 23.8 Å². The molecule has 2 heterocycles. The lowest BCUT2D eigenvalue weighted by Gasteiger charge is -2.26. The zero-order valence-corrected chi connectivity index (χ0v) is 13.6. The minimum atomic E-state index is -4.00. The molecule has 1 unspecified atom stereocenters. The Morgan fingerprint density at radius 2 is 1.91 bits per heavy atom. The molecule has 0 N–H and O–H groups in total. The number of rotatable bonds is 3. The fourth-order valence-corrected chi connectivity index (χ4v) is 5.99. The molecule has 2 aliphatic rings. The molecule has 120 valence electrons. The summed E-state index contributed by atoms with van der Waals surface area (Å²) in [5.41, 5.74) is 0. The van der Waals surface area contributed by atoms with Crippen LogP contribution in [0.3, 0.4) is 0 Å². The van der Waals surface area contributed by atoms with E-state index in [1.165, 1.54) is 30.0 Å². The molecule has 0 saturated carbocycles. The molecule has 0 radical (unpaired) electrons. The van der Waals surface area contributed by atoms with Gasteiger partial charge in [-0.2, -0.15) is 4.31 Å². The maximum absolute atomic E-state index is 13.9. The number of benzene rings is 1. The number of nitrogens with zero attached hydrogens (tertiary/aromatic N) is 2. The molecule has 0 aliphatic carbocycles. The van der Waals surface area contributed by atoms with E-state index in [0.717, 1.165) is 23.2 Å². The number of likely N-dealkylation sites (tertiary alicyclic amines) is 1. The Bertz CT molecular complexity index is 674. The molecule has 0 aromatic heterocycles. The quantitative estimate of drug-likeness (QED) is 0.834. The van der Waals surface area contributed by atoms with E-state index in [-0.39, 0.29) is 16.7 Å². The largest absolute Gasteiger partial charge is 0.341 e. The third kappa shape index (κ3) is 2.75. The Morgan fingerprint density at radius 3 is 2.59 bits per heavy atom. The van der Waals surface area contributed by atoms with Crippen LogP contribution in [0.4, 0.5) is 4.39 Å². The number of amides is 1. The number of sulfonamides is 1. The normalized spacial score (nSPS) is 23.1. The molecule has 22 heavy (non-hydrogen) atoms. The number of hydrogen-bond donors (Lipinski definition) is 0. The van der Waals surface area contributed by atoms with Crippen LogP contribution in [-0.2, 0) is 14.8 Å². The second-order valence-corrected chi connectivity index (χ2v) is 8.23. The van der Waals surface area contributed by atoms with Gasteiger partial charge in [-0.05, 0) is 25.0 Å². The third-order valence-electron chi connectivity index (χ3n) is 3.97. The van der Waals surface area contributed by atoms with Crippen molar-refractivity contribution in [3.63, 3.8) is 0 Å². The summed E-state index contributed by atoms with van der Waals surface area (Å²) in [7, 11) is -4.00. The van der Waals surface area contributed by atoms with Gasteiger partial charge in [0.15, 0.2) is 0 Å². The van der Waals surface area contributed by atoms with E-state index in [2.05, 4.69) is 0 Å². The average molecular weight is 344 g/mol. The summed E-state index contributed by atoms with van der Waals surface area (Å²) in [5, 5.41) is 0. The predicted octanol–water partition coefficient (Wildman–Crippen LogP) is 1.51. The van der Waals surface area contributed by atoms with Crippen molar-refractivity contribution in [1.82, 2.24) is 9.21 Å². The van der Waals surface area contributed by atoms with E-state index in [1.54, 1.807) is 4.90 Å². The second kappa shape index (κ2) is 6.17. The van der Waals surface area contributed by atoms with Gasteiger partial charge in [-0.15, -0.1) is 11.8 Å². The van der Waals surface area contributed by atoms with Gasteiger partial charge < -0.3 is 4.90 Å². The van der Waals surface area contributed by atoms with Crippen LogP contribution in [-0.4, -0.2) is 54.3 Å². The summed E-state index contributed by atoms with van der Waals surface area (Å²) in [6.45, 7) is 1.35. The maximum Gasteiger partial charge on any atom is 0.247 e. The molecule has 1 aromatic rings. The van der Waals surface area contributed by atoms with Gasteiger partial charge in [0.25, 0.3) is 0 Å². The number of thioether (sulfide) groups is 1. The number of hydrogen-bond acceptors (Lipinski definition) is 4. The molecule has 0 spiro atoms. The fourth-order valence-electron chi connectivity index (χ4n) is 2.79. The van der Waals surface area contributed by atoms with Crippen molar-refractivity contribution in [2.75, 3.05) is 24.7 Å². The van der Waals surface area contributed by atoms with Crippen molar-refractivity contribution >= 4 is 27.7 Å². The number of carbonyl (C=O) groups is 1. The fraction of sp³-hybridized carbons (Fsp3) is 0.500. The van der Waals surface area contributed by atoms with Crippen LogP contribution < -0.4 is 0 Å². The summed E-state index contributed by atoms with van der Waals surface area (Å²) in [6.07, 6.45) is 1.90. The van der Waals surface area contributed by atoms with Crippen molar-refractivity contribution in [3.8, 4) is 0 Å². The number of carbonyl (C=O) groups excluding carboxylic acids is 1. The van der Waals surface area contributed by atoms with E-state index in [9.17, 15) is 17.6 Å². The molecule has 0 bridgehead atoms. The Labute approximate surface area is 133 Å². The van der Waals surface area contributed by atoms with Crippen LogP contribution in [0.25, 0.3) is 0 Å². The van der Waals surface area contributed by atoms with E-state index < -0.39 is 21.9 Å². The smallest absolute Gasteiger partial charge is 0.247 e. The minimum Gasteiger partial charge on any atom is -0.341 e. The van der Waals surface area contributed by atoms with Crippen molar-refractivity contribution < 1.29 is 17.6 Å². The molecule has 2 fully saturated rings. The average Bonchev–Trinajstić information content (AvgIpc) is 3.18. The molecule has 1 amide bonds. The first-order valence-electron chi connectivity index (χ1n) is 7.15. The molecular weight excluding hydrogens is 327 g/mol. The molecule has 5 nitrogen and oxygen atoms in total. The van der Waals surface area contributed by atoms with Crippen molar-refractivity contribution in [1.29, 1.82) is 0 Å². The van der Waals surface area contributed by atoms with Crippen molar-refractivity contribution in [2.24, 2.45) is 0 Å². The van der Waals surface area contributed by atoms with Crippen molar-refractivity contribution in [3.05, 3.63) is 30.1 Å². The highest BCUT2D eigenvalue weighted by molar-refractivity contribution is 8.00. The van der Waals surface area contributed by atoms with Crippen LogP contribution in [0.15, 0.2) is 29.2 Å². The van der Waals surface area contributed by atoms with E-state index >= 15 is 0 Å². The Balaban J connectivity index is 1.89. The highest BCUT2D eigenvalue weighted by Gasteiger charge is 2.42. The Kier molecular flexibility index (Phi) is 4.42. The summed E-state index contributed by atoms with van der Waals surface area (Å²) >= 11 is 1.38. The molecule has 1 atom stereocenters. The summed E-state index contributed by atoms with van der Waals surface area (Å²) in [5.74, 6) is -0.349. The molecular formula is C14H17FN2O3S2. The van der Waals surface area contributed by atoms with Crippen LogP contribution in [0.1, 0.15) is 12.8 Å². The van der Waals surface area contributed by atoms with Gasteiger partial charge in [-0.3, -0.25) is 4.79 Å². The minimum absolute atomic E-state index is 0.164. The lowest BCUT2D eigenvalue weighted by Crippen LogP contribution is -2.48. The van der Waals surface area contributed by atoms with Gasteiger partial charge in [0, 0.05) is 18.8 Å². The first-order chi connectivity index (χ1) is 10.5. The SMILES string of the molecule is O=C(C1CSCN1S(=O)(=O)c1ccccc1F)N1CCCC1. The highest BCUT2D eigenvalue weighted by atomic mass is 32.2. The standard InChI is InChI=1S/C14H17FN2O3S2/c15-11-5-1-2-6-13(11)22(19,20)17-10-21-9-12(17)14(18)16-7-3-4-8-16/h1-2,5-6,12H,3-4,7-10H2. The van der Waals surface area contributed by atoms with Gasteiger partial charge >= 0.3 is 0 Å². The van der Waals surface area contributed by atoms with E-state index in [1.807, 2.05) is 0 Å². The first kappa shape index (κ1) is 15.8. The maximum atomic E-state index is 13.9. The molecule has 3 rings (SSSR count). The predicted molar refractivity (Wildman–Crippen MR) is 82.4 cm³/mol. The third-order valence-corrected chi connectivity index (χ3v) is 7.03. The van der Waals surface area contributed by atoms with Gasteiger partial charge in [0.05, 0.1) is 5.88 Å². The van der Waals surface area contributed by atoms with Crippen LogP contribution in [0, 0.1) is 5.82 Å². The van der Waals surface area contributed by atoms with E-state index in [0.29, 0.717) is 18.8 Å². The Morgan fingerprint density at radius 1 is 1.23 bits per heavy atom. The molecule has 8 heteroatoms. The Hall–Kier alpha value is -1.12. The zero-order valence-electron chi connectivity index (χ0n) is 11.9. The summed E-state index contributed by atoms with van der Waals surface area (Å²) in [4.78, 5) is 13.9. The van der Waals surface area contributed by atoms with Gasteiger partial charge in [-0.25, -0.2) is 12.8 Å². The number of halogens is 1. The first-order valence-corrected chi connectivity index (χ1v) is 9.74. The zero-order chi connectivity index (χ0) is 15.7. The van der Waals surface area contributed by atoms with Gasteiger partial charge in [-0.1, -0.05) is 12.1 Å². The monoisotopic (exact) mass is 344 g/mol. The topological polar surface area (TPSA) is 57.7 Å². The van der Waals surface area contributed by atoms with Gasteiger partial charge in [0.2, 0.25) is 15.9 Å². The van der Waals surface area contributed by atoms with Gasteiger partial charge in [0.1, 0.15) is 16.8 Å². The molecule has 2 aliphatic heterocycles. The lowest BCUT2D eigenvalue weighted by atomic mass is 10.3. The molecule has 1 aromatic carbocycles. The van der Waals surface area contributed by atoms with Crippen LogP contribution in [0.5, 0.6) is 0 Å². The summed E-state index contributed by atoms with van der Waals surface area (Å²) in [6, 6.07) is 4.56. The second-order valence-electron chi connectivity index (χ2n) is 5.37. The van der Waals surface area contributed by atoms with Crippen LogP contribution in [0.2, 0.25) is 0 Å². The van der Waals surface area contributed by atoms with Crippen LogP contribution >= 0.6 is 11.8 Å². The highest BCUT2D eigenvalue weighted by Crippen LogP contribution is 2.30. The molecule has 2 saturated heterocycles.